The van der Waals surface area contributed by atoms with E-state index in [0.29, 0.717) is 19.1 Å². The first-order valence-electron chi connectivity index (χ1n) is 12.7. The second-order valence-corrected chi connectivity index (χ2v) is 9.48. The van der Waals surface area contributed by atoms with Crippen molar-refractivity contribution in [2.24, 2.45) is 5.92 Å². The second kappa shape index (κ2) is 10.9. The number of hydrogen-bond acceptors (Lipinski definition) is 5. The normalized spacial score (nSPS) is 17.7. The maximum Gasteiger partial charge on any atom is 0.350 e. The number of likely N-dealkylation sites (tertiary alicyclic amines) is 1. The van der Waals surface area contributed by atoms with Gasteiger partial charge in [0.05, 0.1) is 5.69 Å². The molecule has 7 nitrogen and oxygen atoms in total. The zero-order valence-corrected chi connectivity index (χ0v) is 19.9. The molecule has 34 heavy (non-hydrogen) atoms. The Morgan fingerprint density at radius 3 is 2.29 bits per heavy atom. The molecular weight excluding hydrogens is 426 g/mol. The van der Waals surface area contributed by atoms with Crippen LogP contribution in [0.4, 0.5) is 5.69 Å². The van der Waals surface area contributed by atoms with Crippen LogP contribution in [0.2, 0.25) is 0 Å². The van der Waals surface area contributed by atoms with Crippen LogP contribution in [0.15, 0.2) is 65.7 Å². The fourth-order valence-corrected chi connectivity index (χ4v) is 5.06. The smallest absolute Gasteiger partial charge is 0.350 e. The molecule has 0 amide bonds. The molecule has 1 aromatic heterocycles. The molecule has 2 aliphatic rings. The molecule has 0 spiro atoms. The summed E-state index contributed by atoms with van der Waals surface area (Å²) in [5.74, 6) is 1.40. The monoisotopic (exact) mass is 461 g/mol. The van der Waals surface area contributed by atoms with Gasteiger partial charge in [-0.15, -0.1) is 0 Å². The fourth-order valence-electron chi connectivity index (χ4n) is 5.06. The molecule has 3 heterocycles. The number of nitrogens with zero attached hydrogens (tertiary/aromatic N) is 5. The Kier molecular flexibility index (Phi) is 7.29. The predicted octanol–water partition coefficient (Wildman–Crippen LogP) is 3.82. The van der Waals surface area contributed by atoms with Gasteiger partial charge < -0.3 is 9.64 Å². The molecule has 2 aromatic carbocycles. The number of piperidine rings is 2. The summed E-state index contributed by atoms with van der Waals surface area (Å²) in [4.78, 5) is 17.9. The highest BCUT2D eigenvalue weighted by Gasteiger charge is 2.21. The van der Waals surface area contributed by atoms with E-state index in [1.807, 2.05) is 42.5 Å². The highest BCUT2D eigenvalue weighted by molar-refractivity contribution is 5.51. The van der Waals surface area contributed by atoms with Gasteiger partial charge >= 0.3 is 5.69 Å². The minimum atomic E-state index is -0.0515. The molecule has 2 aliphatic heterocycles. The highest BCUT2D eigenvalue weighted by Crippen LogP contribution is 2.22. The second-order valence-electron chi connectivity index (χ2n) is 9.48. The van der Waals surface area contributed by atoms with E-state index in [4.69, 9.17) is 4.74 Å². The van der Waals surface area contributed by atoms with E-state index in [1.54, 1.807) is 15.6 Å². The molecule has 2 fully saturated rings. The quantitative estimate of drug-likeness (QED) is 0.511. The molecule has 7 heteroatoms. The van der Waals surface area contributed by atoms with Crippen molar-refractivity contribution >= 4 is 5.69 Å². The van der Waals surface area contributed by atoms with Crippen LogP contribution in [0.25, 0.3) is 5.69 Å². The van der Waals surface area contributed by atoms with Crippen LogP contribution >= 0.6 is 0 Å². The third kappa shape index (κ3) is 5.53. The number of aromatic nitrogens is 3. The van der Waals surface area contributed by atoms with Gasteiger partial charge in [-0.2, -0.15) is 5.10 Å². The largest absolute Gasteiger partial charge is 0.492 e. The summed E-state index contributed by atoms with van der Waals surface area (Å²) in [5.41, 5.74) is 2.07. The lowest BCUT2D eigenvalue weighted by molar-refractivity contribution is 0.145. The maximum atomic E-state index is 13.0. The van der Waals surface area contributed by atoms with Crippen molar-refractivity contribution in [1.82, 2.24) is 19.2 Å². The lowest BCUT2D eigenvalue weighted by Crippen LogP contribution is -2.38. The Labute approximate surface area is 201 Å². The van der Waals surface area contributed by atoms with Crippen LogP contribution in [0.3, 0.4) is 0 Å². The van der Waals surface area contributed by atoms with E-state index < -0.39 is 0 Å². The summed E-state index contributed by atoms with van der Waals surface area (Å²) in [5, 5.41) is 4.42. The first kappa shape index (κ1) is 22.7. The van der Waals surface area contributed by atoms with Crippen LogP contribution < -0.4 is 15.3 Å². The topological polar surface area (TPSA) is 55.5 Å². The Bertz CT molecular complexity index is 1080. The van der Waals surface area contributed by atoms with Gasteiger partial charge in [-0.1, -0.05) is 18.2 Å². The van der Waals surface area contributed by atoms with Crippen LogP contribution in [-0.2, 0) is 6.54 Å². The number of anilines is 1. The molecule has 3 aromatic rings. The molecule has 2 saturated heterocycles. The average Bonchev–Trinajstić information content (AvgIpc) is 3.26. The average molecular weight is 462 g/mol. The summed E-state index contributed by atoms with van der Waals surface area (Å²) in [6.07, 6.45) is 7.66. The van der Waals surface area contributed by atoms with Crippen molar-refractivity contribution in [2.45, 2.75) is 38.6 Å². The first-order valence-corrected chi connectivity index (χ1v) is 12.7. The zero-order chi connectivity index (χ0) is 23.2. The fraction of sp³-hybridized carbons (Fsp3) is 0.481. The third-order valence-electron chi connectivity index (χ3n) is 7.14. The number of hydrogen-bond donors (Lipinski definition) is 0. The molecule has 5 rings (SSSR count). The number of rotatable bonds is 8. The summed E-state index contributed by atoms with van der Waals surface area (Å²) >= 11 is 0. The summed E-state index contributed by atoms with van der Waals surface area (Å²) in [6, 6.07) is 18.3. The van der Waals surface area contributed by atoms with Crippen LogP contribution in [-0.4, -0.2) is 58.6 Å². The van der Waals surface area contributed by atoms with Crippen LogP contribution in [0.1, 0.15) is 32.1 Å². The molecule has 0 aliphatic carbocycles. The molecule has 0 unspecified atom stereocenters. The lowest BCUT2D eigenvalue weighted by Gasteiger charge is -2.31. The van der Waals surface area contributed by atoms with E-state index in [0.717, 1.165) is 57.0 Å². The van der Waals surface area contributed by atoms with Gasteiger partial charge in [0.2, 0.25) is 0 Å². The van der Waals surface area contributed by atoms with E-state index in [9.17, 15) is 4.79 Å². The predicted molar refractivity (Wildman–Crippen MR) is 135 cm³/mol. The van der Waals surface area contributed by atoms with Gasteiger partial charge in [-0.3, -0.25) is 4.90 Å². The Balaban J connectivity index is 1.11. The molecule has 0 saturated carbocycles. The number of ether oxygens (including phenoxy) is 1. The Hall–Kier alpha value is -3.06. The molecule has 180 valence electrons. The summed E-state index contributed by atoms with van der Waals surface area (Å²) in [6.45, 7) is 6.64. The minimum Gasteiger partial charge on any atom is -0.492 e. The Morgan fingerprint density at radius 2 is 1.56 bits per heavy atom. The highest BCUT2D eigenvalue weighted by atomic mass is 16.5. The molecule has 0 radical (unpaired) electrons. The van der Waals surface area contributed by atoms with Crippen LogP contribution in [0, 0.1) is 5.92 Å². The van der Waals surface area contributed by atoms with Gasteiger partial charge in [0, 0.05) is 31.9 Å². The lowest BCUT2D eigenvalue weighted by atomic mass is 9.97. The van der Waals surface area contributed by atoms with Gasteiger partial charge in [0.15, 0.2) is 0 Å². The van der Waals surface area contributed by atoms with Gasteiger partial charge in [-0.05, 0) is 87.5 Å². The minimum absolute atomic E-state index is 0.0515. The third-order valence-corrected chi connectivity index (χ3v) is 7.14. The molecular formula is C27H35N5O2. The molecule has 0 bridgehead atoms. The van der Waals surface area contributed by atoms with E-state index in [2.05, 4.69) is 27.0 Å². The van der Waals surface area contributed by atoms with Crippen molar-refractivity contribution in [3.8, 4) is 11.4 Å². The standard InChI is InChI=1S/C27H35N5O2/c33-27-31(25-11-9-24(10-12-25)30-15-5-2-6-16-30)22-28-32(27)21-23-13-17-29(18-14-23)19-20-34-26-7-3-1-4-8-26/h1,3-4,7-12,22-23H,2,5-6,13-21H2. The Morgan fingerprint density at radius 1 is 0.853 bits per heavy atom. The van der Waals surface area contributed by atoms with E-state index >= 15 is 0 Å². The number of benzene rings is 2. The molecule has 0 atom stereocenters. The van der Waals surface area contributed by atoms with Crippen molar-refractivity contribution in [1.29, 1.82) is 0 Å². The van der Waals surface area contributed by atoms with Crippen molar-refractivity contribution in [3.63, 3.8) is 0 Å². The van der Waals surface area contributed by atoms with E-state index in [-0.39, 0.29) is 5.69 Å². The van der Waals surface area contributed by atoms with Crippen molar-refractivity contribution in [3.05, 3.63) is 71.4 Å². The summed E-state index contributed by atoms with van der Waals surface area (Å²) in [7, 11) is 0. The van der Waals surface area contributed by atoms with Crippen LogP contribution in [0.5, 0.6) is 5.75 Å². The van der Waals surface area contributed by atoms with Crippen molar-refractivity contribution in [2.75, 3.05) is 44.2 Å². The SMILES string of the molecule is O=c1n(-c2ccc(N3CCCCC3)cc2)cnn1CC1CCN(CCOc2ccccc2)CC1. The van der Waals surface area contributed by atoms with Crippen molar-refractivity contribution < 1.29 is 4.74 Å². The molecule has 0 N–H and O–H groups in total. The van der Waals surface area contributed by atoms with Gasteiger partial charge in [0.25, 0.3) is 0 Å². The van der Waals surface area contributed by atoms with E-state index in [1.165, 1.54) is 24.9 Å². The zero-order valence-electron chi connectivity index (χ0n) is 19.9. The number of para-hydroxylation sites is 1. The van der Waals surface area contributed by atoms with Gasteiger partial charge in [-0.25, -0.2) is 14.0 Å². The van der Waals surface area contributed by atoms with Gasteiger partial charge in [0.1, 0.15) is 18.7 Å². The maximum absolute atomic E-state index is 13.0. The first-order chi connectivity index (χ1) is 16.8. The summed E-state index contributed by atoms with van der Waals surface area (Å²) < 4.78 is 9.13.